The molecule has 0 spiro atoms. The second-order valence-corrected chi connectivity index (χ2v) is 5.55. The van der Waals surface area contributed by atoms with Crippen LogP contribution in [0, 0.1) is 6.92 Å². The Morgan fingerprint density at radius 1 is 1.47 bits per heavy atom. The van der Waals surface area contributed by atoms with Gasteiger partial charge in [-0.15, -0.1) is 0 Å². The topological polar surface area (TPSA) is 54.2 Å². The molecule has 1 aliphatic heterocycles. The third-order valence-electron chi connectivity index (χ3n) is 4.06. The Morgan fingerprint density at radius 2 is 2.32 bits per heavy atom. The van der Waals surface area contributed by atoms with Crippen molar-refractivity contribution >= 4 is 11.5 Å². The number of anilines is 2. The number of pyridine rings is 1. The zero-order valence-electron chi connectivity index (χ0n) is 12.2. The van der Waals surface area contributed by atoms with Crippen LogP contribution in [0.1, 0.15) is 38.2 Å². The van der Waals surface area contributed by atoms with Crippen molar-refractivity contribution in [3.8, 4) is 0 Å². The average molecular weight is 262 g/mol. The number of nitrogens with two attached hydrogens (primary N) is 1. The first-order valence-corrected chi connectivity index (χ1v) is 7.37. The predicted molar refractivity (Wildman–Crippen MR) is 81.4 cm³/mol. The molecule has 0 amide bonds. The summed E-state index contributed by atoms with van der Waals surface area (Å²) in [5, 5.41) is 3.35. The second kappa shape index (κ2) is 6.75. The SMILES string of the molecule is Cc1ccnc(NCCCN2CCCCC2C)c1N. The van der Waals surface area contributed by atoms with Crippen molar-refractivity contribution in [3.63, 3.8) is 0 Å². The fourth-order valence-corrected chi connectivity index (χ4v) is 2.69. The normalized spacial score (nSPS) is 20.4. The van der Waals surface area contributed by atoms with Gasteiger partial charge in [-0.25, -0.2) is 4.98 Å². The van der Waals surface area contributed by atoms with Crippen LogP contribution in [0.25, 0.3) is 0 Å². The molecular weight excluding hydrogens is 236 g/mol. The van der Waals surface area contributed by atoms with E-state index >= 15 is 0 Å². The number of piperidine rings is 1. The molecule has 0 radical (unpaired) electrons. The maximum atomic E-state index is 5.99. The highest BCUT2D eigenvalue weighted by molar-refractivity contribution is 5.64. The Bertz CT molecular complexity index is 405. The summed E-state index contributed by atoms with van der Waals surface area (Å²) in [4.78, 5) is 6.88. The lowest BCUT2D eigenvalue weighted by Crippen LogP contribution is -2.38. The molecule has 0 aromatic carbocycles. The van der Waals surface area contributed by atoms with Gasteiger partial charge in [-0.05, 0) is 51.3 Å². The predicted octanol–water partition coefficient (Wildman–Crippen LogP) is 2.65. The highest BCUT2D eigenvalue weighted by Crippen LogP contribution is 2.19. The molecule has 1 atom stereocenters. The molecule has 2 rings (SSSR count). The Hall–Kier alpha value is -1.29. The molecule has 1 aromatic heterocycles. The van der Waals surface area contributed by atoms with Gasteiger partial charge in [0.05, 0.1) is 5.69 Å². The summed E-state index contributed by atoms with van der Waals surface area (Å²) >= 11 is 0. The van der Waals surface area contributed by atoms with Crippen molar-refractivity contribution < 1.29 is 0 Å². The highest BCUT2D eigenvalue weighted by Gasteiger charge is 2.17. The molecule has 1 aliphatic rings. The van der Waals surface area contributed by atoms with Crippen LogP contribution in [0.2, 0.25) is 0 Å². The summed E-state index contributed by atoms with van der Waals surface area (Å²) in [7, 11) is 0. The summed E-state index contributed by atoms with van der Waals surface area (Å²) in [5.74, 6) is 0.826. The lowest BCUT2D eigenvalue weighted by molar-refractivity contribution is 0.160. The van der Waals surface area contributed by atoms with Gasteiger partial charge in [0, 0.05) is 25.3 Å². The van der Waals surface area contributed by atoms with Crippen LogP contribution >= 0.6 is 0 Å². The number of hydrogen-bond donors (Lipinski definition) is 2. The summed E-state index contributed by atoms with van der Waals surface area (Å²) < 4.78 is 0. The first-order chi connectivity index (χ1) is 9.18. The van der Waals surface area contributed by atoms with E-state index < -0.39 is 0 Å². The Morgan fingerprint density at radius 3 is 3.11 bits per heavy atom. The van der Waals surface area contributed by atoms with Gasteiger partial charge >= 0.3 is 0 Å². The number of rotatable bonds is 5. The monoisotopic (exact) mass is 262 g/mol. The molecule has 0 aliphatic carbocycles. The summed E-state index contributed by atoms with van der Waals surface area (Å²) in [6, 6.07) is 2.69. The van der Waals surface area contributed by atoms with Crippen molar-refractivity contribution in [2.24, 2.45) is 0 Å². The molecule has 106 valence electrons. The quantitative estimate of drug-likeness (QED) is 0.801. The number of aryl methyl sites for hydroxylation is 1. The van der Waals surface area contributed by atoms with Gasteiger partial charge in [0.15, 0.2) is 0 Å². The van der Waals surface area contributed by atoms with E-state index in [4.69, 9.17) is 5.73 Å². The van der Waals surface area contributed by atoms with Crippen LogP contribution in [-0.4, -0.2) is 35.6 Å². The molecule has 3 N–H and O–H groups in total. The van der Waals surface area contributed by atoms with Gasteiger partial charge in [0.1, 0.15) is 5.82 Å². The Balaban J connectivity index is 1.73. The third kappa shape index (κ3) is 3.83. The van der Waals surface area contributed by atoms with E-state index in [-0.39, 0.29) is 0 Å². The van der Waals surface area contributed by atoms with Gasteiger partial charge in [0.25, 0.3) is 0 Å². The standard InChI is InChI=1S/C15H26N4/c1-12-7-9-18-15(14(12)16)17-8-5-11-19-10-4-3-6-13(19)2/h7,9,13H,3-6,8,10-11,16H2,1-2H3,(H,17,18). The van der Waals surface area contributed by atoms with E-state index in [1.54, 1.807) is 6.20 Å². The van der Waals surface area contributed by atoms with Crippen LogP contribution in [0.5, 0.6) is 0 Å². The summed E-state index contributed by atoms with van der Waals surface area (Å²) in [5.41, 5.74) is 7.85. The molecule has 4 nitrogen and oxygen atoms in total. The molecule has 1 fully saturated rings. The number of hydrogen-bond acceptors (Lipinski definition) is 4. The first kappa shape index (κ1) is 14.1. The molecule has 2 heterocycles. The van der Waals surface area contributed by atoms with Gasteiger partial charge < -0.3 is 16.0 Å². The van der Waals surface area contributed by atoms with E-state index in [1.165, 1.54) is 32.4 Å². The Kier molecular flexibility index (Phi) is 5.02. The lowest BCUT2D eigenvalue weighted by Gasteiger charge is -2.33. The largest absolute Gasteiger partial charge is 0.396 e. The second-order valence-electron chi connectivity index (χ2n) is 5.55. The molecule has 4 heteroatoms. The smallest absolute Gasteiger partial charge is 0.149 e. The van der Waals surface area contributed by atoms with Crippen molar-refractivity contribution in [3.05, 3.63) is 17.8 Å². The first-order valence-electron chi connectivity index (χ1n) is 7.37. The molecule has 1 aromatic rings. The average Bonchev–Trinajstić information content (AvgIpc) is 2.41. The zero-order chi connectivity index (χ0) is 13.7. The van der Waals surface area contributed by atoms with Crippen molar-refractivity contribution in [2.45, 2.75) is 45.6 Å². The van der Waals surface area contributed by atoms with E-state index in [0.29, 0.717) is 0 Å². The van der Waals surface area contributed by atoms with E-state index in [2.05, 4.69) is 22.1 Å². The number of aromatic nitrogens is 1. The minimum atomic E-state index is 0.746. The van der Waals surface area contributed by atoms with Gasteiger partial charge in [0.2, 0.25) is 0 Å². The Labute approximate surface area is 116 Å². The van der Waals surface area contributed by atoms with Crippen LogP contribution < -0.4 is 11.1 Å². The van der Waals surface area contributed by atoms with Crippen molar-refractivity contribution in [1.29, 1.82) is 0 Å². The lowest BCUT2D eigenvalue weighted by atomic mass is 10.0. The van der Waals surface area contributed by atoms with Crippen LogP contribution in [-0.2, 0) is 0 Å². The molecule has 19 heavy (non-hydrogen) atoms. The molecular formula is C15H26N4. The number of nitrogens with zero attached hydrogens (tertiary/aromatic N) is 2. The highest BCUT2D eigenvalue weighted by atomic mass is 15.2. The van der Waals surface area contributed by atoms with E-state index in [0.717, 1.165) is 36.1 Å². The number of likely N-dealkylation sites (tertiary alicyclic amines) is 1. The fraction of sp³-hybridized carbons (Fsp3) is 0.667. The molecule has 1 saturated heterocycles. The summed E-state index contributed by atoms with van der Waals surface area (Å²) in [6.07, 6.45) is 7.03. The molecule has 0 saturated carbocycles. The maximum Gasteiger partial charge on any atom is 0.149 e. The van der Waals surface area contributed by atoms with Crippen LogP contribution in [0.15, 0.2) is 12.3 Å². The van der Waals surface area contributed by atoms with Crippen LogP contribution in [0.4, 0.5) is 11.5 Å². The summed E-state index contributed by atoms with van der Waals surface area (Å²) in [6.45, 7) is 7.71. The third-order valence-corrected chi connectivity index (χ3v) is 4.06. The molecule has 1 unspecified atom stereocenters. The van der Waals surface area contributed by atoms with Gasteiger partial charge in [-0.2, -0.15) is 0 Å². The van der Waals surface area contributed by atoms with Gasteiger partial charge in [-0.3, -0.25) is 0 Å². The fourth-order valence-electron chi connectivity index (χ4n) is 2.69. The zero-order valence-corrected chi connectivity index (χ0v) is 12.2. The van der Waals surface area contributed by atoms with Crippen molar-refractivity contribution in [2.75, 3.05) is 30.7 Å². The van der Waals surface area contributed by atoms with E-state index in [9.17, 15) is 0 Å². The van der Waals surface area contributed by atoms with Crippen LogP contribution in [0.3, 0.4) is 0 Å². The minimum absolute atomic E-state index is 0.746. The molecule has 0 bridgehead atoms. The number of nitrogens with one attached hydrogen (secondary N) is 1. The minimum Gasteiger partial charge on any atom is -0.396 e. The van der Waals surface area contributed by atoms with Gasteiger partial charge in [-0.1, -0.05) is 6.42 Å². The maximum absolute atomic E-state index is 5.99. The van der Waals surface area contributed by atoms with E-state index in [1.807, 2.05) is 13.0 Å². The number of nitrogen functional groups attached to an aromatic ring is 1. The van der Waals surface area contributed by atoms with Crippen molar-refractivity contribution in [1.82, 2.24) is 9.88 Å².